The van der Waals surface area contributed by atoms with E-state index in [9.17, 15) is 56.6 Å². The van der Waals surface area contributed by atoms with E-state index in [0.29, 0.717) is 0 Å². The molecule has 0 aliphatic carbocycles. The molecule has 0 radical (unpaired) electrons. The number of esters is 4. The second kappa shape index (κ2) is 36.8. The molecule has 4 aromatic rings. The summed E-state index contributed by atoms with van der Waals surface area (Å²) < 4.78 is 145. The summed E-state index contributed by atoms with van der Waals surface area (Å²) in [4.78, 5) is 106. The predicted molar refractivity (Wildman–Crippen MR) is 413 cm³/mol. The van der Waals surface area contributed by atoms with Crippen molar-refractivity contribution in [2.45, 2.75) is 253 Å². The number of anilines is 4. The molecule has 12 rings (SSSR count). The van der Waals surface area contributed by atoms with Gasteiger partial charge in [-0.05, 0) is 135 Å². The van der Waals surface area contributed by atoms with Crippen molar-refractivity contribution in [3.05, 3.63) is 91.0 Å². The lowest BCUT2D eigenvalue weighted by Gasteiger charge is -2.36. The standard InChI is InChI=1S/4C16H24ClN4O7P/c4*1-8(2)26-13(22)9(3)20-29(24)25-7-10-12(28-29)16(4,17)14(27-10)21-6-5-11(18)19-15(21)23/h4*5-6,8-10,12,14H,7H2,1-4H3,(H,20,24)(H2,18,19,23)/t9-,10+,12+,14+,16+,29?;9-,10+,12+,14+,16+,29+;9-,10-,12-,14-,16-,29+;9-,10-,12-,14-,16-,29-/m0011/s1. The molecule has 8 aliphatic heterocycles. The third-order valence-corrected chi connectivity index (χ3v) is 26.4. The Bertz CT molecular complexity index is 4140. The average Bonchev–Trinajstić information content (AvgIpc) is 1.61. The van der Waals surface area contributed by atoms with Gasteiger partial charge in [-0.3, -0.25) is 73.6 Å². The van der Waals surface area contributed by atoms with E-state index in [-0.39, 0.29) is 74.1 Å². The summed E-state index contributed by atoms with van der Waals surface area (Å²) in [5.41, 5.74) is 19.5. The Kier molecular flexibility index (Phi) is 29.8. The number of carbonyl (C=O) groups excluding carboxylic acids is 4. The quantitative estimate of drug-likeness (QED) is 0.0257. The van der Waals surface area contributed by atoms with Gasteiger partial charge in [0.25, 0.3) is 0 Å². The predicted octanol–water partition coefficient (Wildman–Crippen LogP) is 4.69. The van der Waals surface area contributed by atoms with Crippen LogP contribution in [0, 0.1) is 0 Å². The molecule has 12 heterocycles. The third kappa shape index (κ3) is 21.8. The number of aromatic nitrogens is 8. The number of nitrogens with two attached hydrogens (primary N) is 4. The van der Waals surface area contributed by atoms with Gasteiger partial charge in [0.15, 0.2) is 24.9 Å². The average molecular weight is 1800 g/mol. The van der Waals surface area contributed by atoms with Crippen LogP contribution in [0.15, 0.2) is 68.2 Å². The molecule has 0 amide bonds. The van der Waals surface area contributed by atoms with Gasteiger partial charge in [0.1, 0.15) is 116 Å². The summed E-state index contributed by atoms with van der Waals surface area (Å²) in [5, 5.41) is 10.2. The minimum Gasteiger partial charge on any atom is -0.462 e. The number of hydrogen-bond donors (Lipinski definition) is 8. The molecule has 4 aromatic heterocycles. The van der Waals surface area contributed by atoms with Crippen LogP contribution in [-0.2, 0) is 112 Å². The molecule has 12 N–H and O–H groups in total. The van der Waals surface area contributed by atoms with Gasteiger partial charge in [-0.1, -0.05) is 0 Å². The normalized spacial score (nSPS) is 35.3. The highest BCUT2D eigenvalue weighted by Crippen LogP contribution is 2.62. The number of nitrogens with one attached hydrogen (secondary N) is 4. The van der Waals surface area contributed by atoms with Crippen LogP contribution in [0.5, 0.6) is 0 Å². The lowest BCUT2D eigenvalue weighted by atomic mass is 10.0. The smallest absolute Gasteiger partial charge is 0.406 e. The molecule has 24 atom stereocenters. The summed E-state index contributed by atoms with van der Waals surface area (Å²) in [6.07, 6.45) is -5.80. The number of hydrogen-bond acceptors (Lipinski definition) is 36. The summed E-state index contributed by atoms with van der Waals surface area (Å²) in [5.74, 6) is -2.14. The van der Waals surface area contributed by atoms with E-state index in [1.165, 1.54) is 95.0 Å². The molecule has 0 saturated carbocycles. The van der Waals surface area contributed by atoms with E-state index in [0.717, 1.165) is 0 Å². The zero-order valence-electron chi connectivity index (χ0n) is 65.6. The Labute approximate surface area is 684 Å². The number of nitrogen functional groups attached to an aromatic ring is 4. The monoisotopic (exact) mass is 1800 g/mol. The Morgan fingerprint density at radius 3 is 0.707 bits per heavy atom. The van der Waals surface area contributed by atoms with Crippen LogP contribution in [0.2, 0.25) is 0 Å². The molecular weight excluding hydrogens is 1710 g/mol. The second-order valence-electron chi connectivity index (χ2n) is 29.5. The largest absolute Gasteiger partial charge is 0.462 e. The maximum atomic E-state index is 13.0. The molecular formula is C64H96Cl4N16O28P4. The summed E-state index contributed by atoms with van der Waals surface area (Å²) in [6, 6.07) is 1.98. The maximum Gasteiger partial charge on any atom is 0.406 e. The first-order valence-corrected chi connectivity index (χ1v) is 43.8. The highest BCUT2D eigenvalue weighted by Gasteiger charge is 2.64. The van der Waals surface area contributed by atoms with E-state index in [4.69, 9.17) is 143 Å². The zero-order valence-corrected chi connectivity index (χ0v) is 72.2. The Morgan fingerprint density at radius 2 is 0.552 bits per heavy atom. The zero-order chi connectivity index (χ0) is 86.2. The van der Waals surface area contributed by atoms with Crippen molar-refractivity contribution in [1.29, 1.82) is 0 Å². The van der Waals surface area contributed by atoms with Crippen molar-refractivity contribution in [3.8, 4) is 0 Å². The summed E-state index contributed by atoms with van der Waals surface area (Å²) in [6.45, 7) is 25.5. The topological polar surface area (TPSA) is 576 Å². The van der Waals surface area contributed by atoms with Gasteiger partial charge in [-0.15, -0.1) is 46.4 Å². The van der Waals surface area contributed by atoms with E-state index in [2.05, 4.69) is 40.3 Å². The highest BCUT2D eigenvalue weighted by atomic mass is 35.5. The third-order valence-electron chi connectivity index (χ3n) is 18.0. The number of fused-ring (bicyclic) bond motifs is 4. The number of nitrogens with zero attached hydrogens (tertiary/aromatic N) is 8. The number of ether oxygens (including phenoxy) is 8. The lowest BCUT2D eigenvalue weighted by molar-refractivity contribution is -0.150. The lowest BCUT2D eigenvalue weighted by Crippen LogP contribution is -2.47. The van der Waals surface area contributed by atoms with Crippen LogP contribution in [0.1, 0.15) is 136 Å². The van der Waals surface area contributed by atoms with E-state index in [1.807, 2.05) is 0 Å². The molecule has 8 fully saturated rings. The fourth-order valence-corrected chi connectivity index (χ4v) is 21.3. The van der Waals surface area contributed by atoms with Crippen molar-refractivity contribution in [2.24, 2.45) is 0 Å². The number of alkyl halides is 4. The first kappa shape index (κ1) is 93.9. The Hall–Kier alpha value is -5.96. The van der Waals surface area contributed by atoms with E-state index >= 15 is 0 Å². The van der Waals surface area contributed by atoms with Crippen LogP contribution < -0.4 is 66.0 Å². The van der Waals surface area contributed by atoms with Gasteiger partial charge in [0.2, 0.25) is 0 Å². The Morgan fingerprint density at radius 1 is 0.379 bits per heavy atom. The van der Waals surface area contributed by atoms with Crippen LogP contribution in [-0.4, -0.2) is 205 Å². The molecule has 44 nitrogen and oxygen atoms in total. The molecule has 8 aliphatic rings. The first-order valence-electron chi connectivity index (χ1n) is 36.1. The van der Waals surface area contributed by atoms with Crippen LogP contribution in [0.3, 0.4) is 0 Å². The van der Waals surface area contributed by atoms with Crippen LogP contribution in [0.4, 0.5) is 23.3 Å². The number of rotatable bonds is 20. The molecule has 1 unspecified atom stereocenters. The maximum absolute atomic E-state index is 13.0. The van der Waals surface area contributed by atoms with Gasteiger partial charge in [0, 0.05) is 24.8 Å². The van der Waals surface area contributed by atoms with Crippen LogP contribution >= 0.6 is 77.4 Å². The van der Waals surface area contributed by atoms with E-state index in [1.54, 1.807) is 83.1 Å². The molecule has 0 spiro atoms. The number of halogens is 4. The molecule has 0 aromatic carbocycles. The number of carbonyl (C=O) groups is 4. The fourth-order valence-electron chi connectivity index (χ4n) is 12.6. The molecule has 8 saturated heterocycles. The van der Waals surface area contributed by atoms with E-state index < -0.39 is 195 Å². The highest BCUT2D eigenvalue weighted by molar-refractivity contribution is 7.52. The van der Waals surface area contributed by atoms with Crippen molar-refractivity contribution in [3.63, 3.8) is 0 Å². The summed E-state index contributed by atoms with van der Waals surface area (Å²) in [7, 11) is -15.6. The van der Waals surface area contributed by atoms with Gasteiger partial charge < -0.3 is 60.8 Å². The van der Waals surface area contributed by atoms with Crippen molar-refractivity contribution < 1.29 is 112 Å². The molecule has 116 heavy (non-hydrogen) atoms. The van der Waals surface area contributed by atoms with Gasteiger partial charge in [0.05, 0.1) is 50.8 Å². The summed E-state index contributed by atoms with van der Waals surface area (Å²) >= 11 is 26.7. The van der Waals surface area contributed by atoms with Crippen molar-refractivity contribution in [2.75, 3.05) is 49.4 Å². The molecule has 0 bridgehead atoms. The van der Waals surface area contributed by atoms with Crippen molar-refractivity contribution in [1.82, 2.24) is 58.6 Å². The molecule has 648 valence electrons. The second-order valence-corrected chi connectivity index (χ2v) is 39.7. The SMILES string of the molecule is CC(C)OC(=O)[C@@H](C)N[P@@]1(=O)OC[C@H]2O[C@@H](n3ccc(N)nc3=O)[C@](C)(Cl)[C@@H]2O1.CC(C)OC(=O)[C@@H](C)N[P@]1(=O)OC[C@H]2O[C@@H](n3ccc(N)nc3=O)[C@](C)(Cl)[C@@H]2O1.CC(C)OC(=O)[C@H](C)NP1(=O)OC[C@H]2O[C@@H](n3ccc(N)nc3=O)[C@](C)(Cl)[C@@H]2O1.CC(C)OC(=O)[C@H](C)N[P@@]1(=O)OC[C@H]2O[C@@H](n3ccc(N)nc3=O)[C@](C)(Cl)[C@@H]2O1. The fraction of sp³-hybridized carbons (Fsp3) is 0.688. The van der Waals surface area contributed by atoms with Gasteiger partial charge in [-0.25, -0.2) is 57.8 Å². The first-order chi connectivity index (χ1) is 53.7. The minimum atomic E-state index is -3.89. The van der Waals surface area contributed by atoms with Gasteiger partial charge in [-0.2, -0.15) is 19.9 Å². The van der Waals surface area contributed by atoms with Crippen LogP contribution in [0.25, 0.3) is 0 Å². The molecule has 52 heteroatoms. The van der Waals surface area contributed by atoms with Crippen molar-refractivity contribution >= 4 is 125 Å². The minimum absolute atomic E-state index is 0.0634. The Balaban J connectivity index is 0.000000177. The van der Waals surface area contributed by atoms with Gasteiger partial charge >= 0.3 is 77.6 Å².